The molecule has 3 heterocycles. The highest BCUT2D eigenvalue weighted by molar-refractivity contribution is 5.91. The lowest BCUT2D eigenvalue weighted by Crippen LogP contribution is -2.45. The number of alkyl halides is 1. The van der Waals surface area contributed by atoms with E-state index in [1.54, 1.807) is 38.4 Å². The van der Waals surface area contributed by atoms with E-state index >= 15 is 0 Å². The van der Waals surface area contributed by atoms with Crippen molar-refractivity contribution in [2.45, 2.75) is 26.3 Å². The van der Waals surface area contributed by atoms with Crippen LogP contribution in [0.5, 0.6) is 0 Å². The Hall–Kier alpha value is -3.16. The Kier molecular flexibility index (Phi) is 4.75. The van der Waals surface area contributed by atoms with Crippen LogP contribution < -0.4 is 5.32 Å². The summed E-state index contributed by atoms with van der Waals surface area (Å²) in [4.78, 5) is 25.3. The molecule has 0 saturated carbocycles. The lowest BCUT2D eigenvalue weighted by Gasteiger charge is -2.21. The van der Waals surface area contributed by atoms with Crippen LogP contribution in [0.1, 0.15) is 30.2 Å². The standard InChI is InChI=1S/C18H19FN6O/c1-12-7-8-13(10-21-12)25-16(14-6-4-5-9-20-14)22-15(24-25)17(26)23-18(2,3)11-19/h4-10H,11H2,1-3H3,(H,23,26). The summed E-state index contributed by atoms with van der Waals surface area (Å²) in [6, 6.07) is 9.05. The van der Waals surface area contributed by atoms with Crippen molar-refractivity contribution in [1.29, 1.82) is 0 Å². The van der Waals surface area contributed by atoms with Crippen LogP contribution in [0.3, 0.4) is 0 Å². The molecule has 0 unspecified atom stereocenters. The zero-order valence-corrected chi connectivity index (χ0v) is 14.8. The molecule has 1 amide bonds. The van der Waals surface area contributed by atoms with Crippen LogP contribution >= 0.6 is 0 Å². The lowest BCUT2D eigenvalue weighted by atomic mass is 10.1. The molecule has 0 fully saturated rings. The van der Waals surface area contributed by atoms with Gasteiger partial charge in [0.05, 0.1) is 17.4 Å². The van der Waals surface area contributed by atoms with Crippen molar-refractivity contribution >= 4 is 5.91 Å². The molecule has 3 rings (SSSR count). The van der Waals surface area contributed by atoms with Crippen molar-refractivity contribution < 1.29 is 9.18 Å². The Morgan fingerprint density at radius 3 is 2.65 bits per heavy atom. The van der Waals surface area contributed by atoms with Crippen molar-refractivity contribution in [1.82, 2.24) is 30.0 Å². The predicted molar refractivity (Wildman–Crippen MR) is 94.6 cm³/mol. The van der Waals surface area contributed by atoms with Gasteiger partial charge in [-0.25, -0.2) is 14.1 Å². The second-order valence-corrected chi connectivity index (χ2v) is 6.52. The van der Waals surface area contributed by atoms with E-state index in [2.05, 4.69) is 25.4 Å². The first-order valence-corrected chi connectivity index (χ1v) is 8.09. The summed E-state index contributed by atoms with van der Waals surface area (Å²) in [6.07, 6.45) is 3.28. The second kappa shape index (κ2) is 6.99. The van der Waals surface area contributed by atoms with Gasteiger partial charge in [-0.05, 0) is 45.0 Å². The average molecular weight is 354 g/mol. The summed E-state index contributed by atoms with van der Waals surface area (Å²) in [5, 5.41) is 6.88. The maximum absolute atomic E-state index is 13.0. The Bertz CT molecular complexity index is 905. The third-order valence-corrected chi connectivity index (χ3v) is 3.63. The Morgan fingerprint density at radius 1 is 1.23 bits per heavy atom. The first kappa shape index (κ1) is 17.7. The molecule has 0 aromatic carbocycles. The van der Waals surface area contributed by atoms with Gasteiger partial charge >= 0.3 is 0 Å². The van der Waals surface area contributed by atoms with Crippen LogP contribution in [0.15, 0.2) is 42.7 Å². The molecule has 0 aliphatic heterocycles. The zero-order chi connectivity index (χ0) is 18.7. The molecule has 0 aliphatic rings. The number of pyridine rings is 2. The number of nitrogens with zero attached hydrogens (tertiary/aromatic N) is 5. The fourth-order valence-corrected chi connectivity index (χ4v) is 2.23. The number of aromatic nitrogens is 5. The first-order chi connectivity index (χ1) is 12.4. The van der Waals surface area contributed by atoms with Crippen LogP contribution in [0.4, 0.5) is 4.39 Å². The number of amides is 1. The van der Waals surface area contributed by atoms with E-state index in [-0.39, 0.29) is 5.82 Å². The summed E-state index contributed by atoms with van der Waals surface area (Å²) in [7, 11) is 0. The monoisotopic (exact) mass is 354 g/mol. The maximum Gasteiger partial charge on any atom is 0.291 e. The largest absolute Gasteiger partial charge is 0.342 e. The second-order valence-electron chi connectivity index (χ2n) is 6.52. The predicted octanol–water partition coefficient (Wildman–Crippen LogP) is 2.51. The van der Waals surface area contributed by atoms with Crippen molar-refractivity contribution in [2.75, 3.05) is 6.67 Å². The molecule has 134 valence electrons. The van der Waals surface area contributed by atoms with E-state index in [1.165, 1.54) is 4.68 Å². The molecule has 3 aromatic rings. The molecule has 8 heteroatoms. The smallest absolute Gasteiger partial charge is 0.291 e. The van der Waals surface area contributed by atoms with Crippen LogP contribution in [-0.4, -0.2) is 42.9 Å². The first-order valence-electron chi connectivity index (χ1n) is 8.09. The van der Waals surface area contributed by atoms with Crippen LogP contribution in [-0.2, 0) is 0 Å². The molecule has 0 aliphatic carbocycles. The number of halogens is 1. The summed E-state index contributed by atoms with van der Waals surface area (Å²) in [5.74, 6) is -0.212. The van der Waals surface area contributed by atoms with Gasteiger partial charge in [-0.15, -0.1) is 5.10 Å². The molecular weight excluding hydrogens is 335 g/mol. The molecule has 0 radical (unpaired) electrons. The van der Waals surface area contributed by atoms with E-state index in [9.17, 15) is 9.18 Å². The highest BCUT2D eigenvalue weighted by Crippen LogP contribution is 2.19. The molecular formula is C18H19FN6O. The van der Waals surface area contributed by atoms with Crippen molar-refractivity contribution in [3.63, 3.8) is 0 Å². The van der Waals surface area contributed by atoms with Crippen LogP contribution in [0.25, 0.3) is 17.2 Å². The maximum atomic E-state index is 13.0. The highest BCUT2D eigenvalue weighted by atomic mass is 19.1. The fourth-order valence-electron chi connectivity index (χ4n) is 2.23. The van der Waals surface area contributed by atoms with Gasteiger partial charge in [-0.2, -0.15) is 0 Å². The molecule has 26 heavy (non-hydrogen) atoms. The van der Waals surface area contributed by atoms with Gasteiger partial charge in [-0.1, -0.05) is 6.07 Å². The fraction of sp³-hybridized carbons (Fsp3) is 0.278. The summed E-state index contributed by atoms with van der Waals surface area (Å²) >= 11 is 0. The topological polar surface area (TPSA) is 85.6 Å². The SMILES string of the molecule is Cc1ccc(-n2nc(C(=O)NC(C)(C)CF)nc2-c2ccccn2)cn1. The highest BCUT2D eigenvalue weighted by Gasteiger charge is 2.25. The molecule has 0 spiro atoms. The Balaban J connectivity index is 2.06. The summed E-state index contributed by atoms with van der Waals surface area (Å²) < 4.78 is 14.5. The zero-order valence-electron chi connectivity index (χ0n) is 14.8. The number of carbonyl (C=O) groups excluding carboxylic acids is 1. The van der Waals surface area contributed by atoms with Gasteiger partial charge in [0.2, 0.25) is 5.82 Å². The van der Waals surface area contributed by atoms with Crippen molar-refractivity contribution in [3.05, 3.63) is 54.2 Å². The molecule has 3 aromatic heterocycles. The van der Waals surface area contributed by atoms with Gasteiger partial charge in [0.25, 0.3) is 5.91 Å². The van der Waals surface area contributed by atoms with Crippen LogP contribution in [0.2, 0.25) is 0 Å². The number of rotatable bonds is 5. The lowest BCUT2D eigenvalue weighted by molar-refractivity contribution is 0.0889. The minimum atomic E-state index is -1.00. The Morgan fingerprint density at radius 2 is 2.04 bits per heavy atom. The van der Waals surface area contributed by atoms with Gasteiger partial charge in [0.15, 0.2) is 5.82 Å². The molecule has 1 N–H and O–H groups in total. The van der Waals surface area contributed by atoms with E-state index in [0.717, 1.165) is 5.69 Å². The van der Waals surface area contributed by atoms with E-state index < -0.39 is 18.1 Å². The number of aryl methyl sites for hydroxylation is 1. The van der Waals surface area contributed by atoms with Gasteiger partial charge in [-0.3, -0.25) is 14.8 Å². The third-order valence-electron chi connectivity index (χ3n) is 3.63. The van der Waals surface area contributed by atoms with Crippen LogP contribution in [0, 0.1) is 6.92 Å². The van der Waals surface area contributed by atoms with Crippen molar-refractivity contribution in [2.24, 2.45) is 0 Å². The molecule has 0 saturated heterocycles. The number of nitrogens with one attached hydrogen (secondary N) is 1. The molecule has 0 atom stereocenters. The quantitative estimate of drug-likeness (QED) is 0.761. The number of hydrogen-bond donors (Lipinski definition) is 1. The number of hydrogen-bond acceptors (Lipinski definition) is 5. The van der Waals surface area contributed by atoms with E-state index in [0.29, 0.717) is 17.2 Å². The Labute approximate surface area is 150 Å². The van der Waals surface area contributed by atoms with E-state index in [1.807, 2.05) is 25.1 Å². The minimum Gasteiger partial charge on any atom is -0.342 e. The summed E-state index contributed by atoms with van der Waals surface area (Å²) in [6.45, 7) is 4.36. The molecule has 0 bridgehead atoms. The normalized spacial score (nSPS) is 11.4. The van der Waals surface area contributed by atoms with E-state index in [4.69, 9.17) is 0 Å². The minimum absolute atomic E-state index is 0.0623. The number of carbonyl (C=O) groups is 1. The summed E-state index contributed by atoms with van der Waals surface area (Å²) in [5.41, 5.74) is 1.06. The average Bonchev–Trinajstić information content (AvgIpc) is 3.08. The third kappa shape index (κ3) is 3.74. The molecule has 7 nitrogen and oxygen atoms in total. The van der Waals surface area contributed by atoms with Crippen molar-refractivity contribution in [3.8, 4) is 17.2 Å². The van der Waals surface area contributed by atoms with Gasteiger partial charge < -0.3 is 5.32 Å². The van der Waals surface area contributed by atoms with Gasteiger partial charge in [0.1, 0.15) is 12.4 Å². The van der Waals surface area contributed by atoms with Gasteiger partial charge in [0, 0.05) is 11.9 Å².